The first-order valence-electron chi connectivity index (χ1n) is 5.36. The smallest absolute Gasteiger partial charge is 0.185 e. The van der Waals surface area contributed by atoms with E-state index in [9.17, 15) is 15.0 Å². The molecule has 0 radical (unpaired) electrons. The highest BCUT2D eigenvalue weighted by Gasteiger charge is 2.19. The molecule has 2 N–H and O–H groups in total. The molecule has 2 atom stereocenters. The fourth-order valence-corrected chi connectivity index (χ4v) is 2.56. The summed E-state index contributed by atoms with van der Waals surface area (Å²) in [7, 11) is 0. The highest BCUT2D eigenvalue weighted by Crippen LogP contribution is 2.28. The number of rotatable bonds is 5. The van der Waals surface area contributed by atoms with Crippen molar-refractivity contribution in [2.24, 2.45) is 0 Å². The SMILES string of the molecule is CC(=O)SCCC(O)C(O)c1ccc(Cl)c(Br)c1. The minimum absolute atomic E-state index is 0.00549. The highest BCUT2D eigenvalue weighted by atomic mass is 79.9. The van der Waals surface area contributed by atoms with Crippen LogP contribution >= 0.6 is 39.3 Å². The van der Waals surface area contributed by atoms with Gasteiger partial charge in [-0.15, -0.1) is 0 Å². The molecule has 0 aromatic heterocycles. The van der Waals surface area contributed by atoms with Crippen molar-refractivity contribution >= 4 is 44.4 Å². The molecule has 0 saturated heterocycles. The summed E-state index contributed by atoms with van der Waals surface area (Å²) >= 11 is 10.3. The molecule has 1 aromatic rings. The van der Waals surface area contributed by atoms with Gasteiger partial charge in [-0.25, -0.2) is 0 Å². The Morgan fingerprint density at radius 3 is 2.72 bits per heavy atom. The Morgan fingerprint density at radius 1 is 1.50 bits per heavy atom. The lowest BCUT2D eigenvalue weighted by atomic mass is 10.0. The van der Waals surface area contributed by atoms with E-state index in [1.54, 1.807) is 18.2 Å². The van der Waals surface area contributed by atoms with Crippen LogP contribution in [0.5, 0.6) is 0 Å². The molecule has 1 aromatic carbocycles. The van der Waals surface area contributed by atoms with Gasteiger partial charge in [-0.1, -0.05) is 29.4 Å². The molecule has 0 heterocycles. The number of carbonyl (C=O) groups is 1. The number of hydrogen-bond acceptors (Lipinski definition) is 4. The van der Waals surface area contributed by atoms with Gasteiger partial charge in [0.15, 0.2) is 5.12 Å². The fraction of sp³-hybridized carbons (Fsp3) is 0.417. The molecule has 0 aliphatic carbocycles. The summed E-state index contributed by atoms with van der Waals surface area (Å²) in [5.41, 5.74) is 0.589. The Balaban J connectivity index is 2.59. The molecule has 1 rings (SSSR count). The van der Waals surface area contributed by atoms with Gasteiger partial charge in [0.1, 0.15) is 6.10 Å². The molecule has 0 spiro atoms. The predicted molar refractivity (Wildman–Crippen MR) is 77.9 cm³/mol. The van der Waals surface area contributed by atoms with Crippen LogP contribution in [-0.2, 0) is 4.79 Å². The van der Waals surface area contributed by atoms with E-state index in [1.807, 2.05) is 0 Å². The molecule has 0 amide bonds. The summed E-state index contributed by atoms with van der Waals surface area (Å²) in [5.74, 6) is 0.488. The standard InChI is InChI=1S/C12H14BrClO3S/c1-7(15)18-5-4-11(16)12(17)8-2-3-10(14)9(13)6-8/h2-3,6,11-12,16-17H,4-5H2,1H3. The van der Waals surface area contributed by atoms with Crippen molar-refractivity contribution in [2.75, 3.05) is 5.75 Å². The molecular formula is C12H14BrClO3S. The maximum Gasteiger partial charge on any atom is 0.185 e. The molecule has 0 saturated carbocycles. The number of aliphatic hydroxyl groups is 2. The average Bonchev–Trinajstić information content (AvgIpc) is 2.31. The molecule has 18 heavy (non-hydrogen) atoms. The second kappa shape index (κ2) is 7.50. The topological polar surface area (TPSA) is 57.5 Å². The maximum atomic E-state index is 10.7. The van der Waals surface area contributed by atoms with Gasteiger partial charge in [0.25, 0.3) is 0 Å². The average molecular weight is 354 g/mol. The monoisotopic (exact) mass is 352 g/mol. The molecule has 0 aliphatic rings. The van der Waals surface area contributed by atoms with Crippen molar-refractivity contribution in [1.29, 1.82) is 0 Å². The molecule has 6 heteroatoms. The Bertz CT molecular complexity index is 428. The van der Waals surface area contributed by atoms with Crippen molar-refractivity contribution in [3.63, 3.8) is 0 Å². The van der Waals surface area contributed by atoms with E-state index in [4.69, 9.17) is 11.6 Å². The zero-order chi connectivity index (χ0) is 13.7. The van der Waals surface area contributed by atoms with Gasteiger partial charge >= 0.3 is 0 Å². The van der Waals surface area contributed by atoms with Crippen LogP contribution in [0.3, 0.4) is 0 Å². The van der Waals surface area contributed by atoms with Crippen molar-refractivity contribution in [3.05, 3.63) is 33.3 Å². The van der Waals surface area contributed by atoms with Gasteiger partial charge in [0.05, 0.1) is 11.1 Å². The lowest BCUT2D eigenvalue weighted by molar-refractivity contribution is -0.109. The van der Waals surface area contributed by atoms with Gasteiger partial charge in [0, 0.05) is 17.1 Å². The summed E-state index contributed by atoms with van der Waals surface area (Å²) in [6, 6.07) is 4.99. The lowest BCUT2D eigenvalue weighted by Gasteiger charge is -2.18. The molecule has 0 aliphatic heterocycles. The molecule has 2 unspecified atom stereocenters. The largest absolute Gasteiger partial charge is 0.390 e. The summed E-state index contributed by atoms with van der Waals surface area (Å²) in [5, 5.41) is 20.3. The summed E-state index contributed by atoms with van der Waals surface area (Å²) < 4.78 is 0.672. The second-order valence-electron chi connectivity index (χ2n) is 3.81. The second-order valence-corrected chi connectivity index (χ2v) is 6.35. The number of hydrogen-bond donors (Lipinski definition) is 2. The van der Waals surface area contributed by atoms with Gasteiger partial charge < -0.3 is 10.2 Å². The molecule has 3 nitrogen and oxygen atoms in total. The van der Waals surface area contributed by atoms with Gasteiger partial charge in [-0.05, 0) is 40.0 Å². The van der Waals surface area contributed by atoms with Gasteiger partial charge in [-0.2, -0.15) is 0 Å². The molecule has 0 bridgehead atoms. The lowest BCUT2D eigenvalue weighted by Crippen LogP contribution is -2.19. The minimum Gasteiger partial charge on any atom is -0.390 e. The van der Waals surface area contributed by atoms with Crippen LogP contribution in [0.2, 0.25) is 5.02 Å². The highest BCUT2D eigenvalue weighted by molar-refractivity contribution is 9.10. The van der Waals surface area contributed by atoms with E-state index >= 15 is 0 Å². The number of benzene rings is 1. The number of thioether (sulfide) groups is 1. The van der Waals surface area contributed by atoms with Crippen LogP contribution in [-0.4, -0.2) is 27.2 Å². The molecular weight excluding hydrogens is 340 g/mol. The number of carbonyl (C=O) groups excluding carboxylic acids is 1. The first-order chi connectivity index (χ1) is 8.41. The van der Waals surface area contributed by atoms with Crippen molar-refractivity contribution in [2.45, 2.75) is 25.6 Å². The summed E-state index contributed by atoms with van der Waals surface area (Å²) in [6.45, 7) is 1.48. The fourth-order valence-electron chi connectivity index (χ4n) is 1.40. The normalized spacial score (nSPS) is 14.3. The van der Waals surface area contributed by atoms with Gasteiger partial charge in [-0.3, -0.25) is 4.79 Å². The van der Waals surface area contributed by atoms with Crippen molar-refractivity contribution in [1.82, 2.24) is 0 Å². The van der Waals surface area contributed by atoms with E-state index in [0.29, 0.717) is 27.2 Å². The van der Waals surface area contributed by atoms with Crippen LogP contribution in [0, 0.1) is 0 Å². The van der Waals surface area contributed by atoms with E-state index in [0.717, 1.165) is 11.8 Å². The van der Waals surface area contributed by atoms with Crippen LogP contribution in [0.25, 0.3) is 0 Å². The number of halogens is 2. The van der Waals surface area contributed by atoms with E-state index in [1.165, 1.54) is 6.92 Å². The van der Waals surface area contributed by atoms with E-state index in [2.05, 4.69) is 15.9 Å². The first kappa shape index (κ1) is 16.0. The van der Waals surface area contributed by atoms with Crippen LogP contribution in [0.15, 0.2) is 22.7 Å². The van der Waals surface area contributed by atoms with Crippen molar-refractivity contribution < 1.29 is 15.0 Å². The first-order valence-corrected chi connectivity index (χ1v) is 7.52. The Labute approximate surface area is 124 Å². The molecule has 0 fully saturated rings. The third-order valence-electron chi connectivity index (χ3n) is 2.37. The maximum absolute atomic E-state index is 10.7. The Morgan fingerprint density at radius 2 is 2.17 bits per heavy atom. The van der Waals surface area contributed by atoms with Crippen LogP contribution < -0.4 is 0 Å². The van der Waals surface area contributed by atoms with Gasteiger partial charge in [0.2, 0.25) is 0 Å². The van der Waals surface area contributed by atoms with E-state index in [-0.39, 0.29) is 5.12 Å². The van der Waals surface area contributed by atoms with Crippen molar-refractivity contribution in [3.8, 4) is 0 Å². The summed E-state index contributed by atoms with van der Waals surface area (Å²) in [6.07, 6.45) is -1.53. The van der Waals surface area contributed by atoms with Crippen LogP contribution in [0.1, 0.15) is 25.0 Å². The Kier molecular flexibility index (Phi) is 6.66. The zero-order valence-corrected chi connectivity index (χ0v) is 12.9. The quantitative estimate of drug-likeness (QED) is 0.853. The van der Waals surface area contributed by atoms with Crippen LogP contribution in [0.4, 0.5) is 0 Å². The Hall–Kier alpha value is -0.0700. The molecule has 100 valence electrons. The number of aliphatic hydroxyl groups excluding tert-OH is 2. The minimum atomic E-state index is -0.980. The third-order valence-corrected chi connectivity index (χ3v) is 4.43. The zero-order valence-electron chi connectivity index (χ0n) is 9.77. The third kappa shape index (κ3) is 4.90. The predicted octanol–water partition coefficient (Wildman–Crippen LogP) is 3.17. The summed E-state index contributed by atoms with van der Waals surface area (Å²) in [4.78, 5) is 10.7. The van der Waals surface area contributed by atoms with E-state index < -0.39 is 12.2 Å².